The van der Waals surface area contributed by atoms with Gasteiger partial charge in [0.15, 0.2) is 0 Å². The maximum atomic E-state index is 2.55. The van der Waals surface area contributed by atoms with E-state index in [-0.39, 0.29) is 0 Å². The van der Waals surface area contributed by atoms with E-state index in [0.717, 1.165) is 35.5 Å². The predicted molar refractivity (Wildman–Crippen MR) is 73.8 cm³/mol. The molecular formula is C17H30. The molecule has 5 aliphatic carbocycles. The first-order valence-corrected chi connectivity index (χ1v) is 8.22. The van der Waals surface area contributed by atoms with Crippen LogP contribution in [0.4, 0.5) is 0 Å². The summed E-state index contributed by atoms with van der Waals surface area (Å²) in [6.45, 7) is 5.09. The van der Waals surface area contributed by atoms with Crippen molar-refractivity contribution in [1.82, 2.24) is 0 Å². The summed E-state index contributed by atoms with van der Waals surface area (Å²) in [7, 11) is 0. The molecule has 0 aliphatic heterocycles. The summed E-state index contributed by atoms with van der Waals surface area (Å²) in [5.41, 5.74) is 0. The highest BCUT2D eigenvalue weighted by molar-refractivity contribution is 4.86. The summed E-state index contributed by atoms with van der Waals surface area (Å²) in [6, 6.07) is 0. The second-order valence-corrected chi connectivity index (χ2v) is 7.65. The van der Waals surface area contributed by atoms with E-state index < -0.39 is 0 Å². The molecule has 0 N–H and O–H groups in total. The minimum absolute atomic E-state index is 1.02. The molecule has 6 atom stereocenters. The molecule has 4 bridgehead atoms. The molecule has 5 saturated carbocycles. The van der Waals surface area contributed by atoms with Gasteiger partial charge in [-0.05, 0) is 67.6 Å². The third-order valence-corrected chi connectivity index (χ3v) is 6.52. The van der Waals surface area contributed by atoms with Crippen molar-refractivity contribution in [3.63, 3.8) is 0 Å². The number of hydrogen-bond donors (Lipinski definition) is 0. The van der Waals surface area contributed by atoms with E-state index in [1.807, 2.05) is 0 Å². The molecule has 0 radical (unpaired) electrons. The molecule has 98 valence electrons. The van der Waals surface area contributed by atoms with Crippen molar-refractivity contribution < 1.29 is 0 Å². The van der Waals surface area contributed by atoms with Crippen molar-refractivity contribution in [3.05, 3.63) is 0 Å². The van der Waals surface area contributed by atoms with Crippen LogP contribution in [0, 0.1) is 35.5 Å². The average molecular weight is 234 g/mol. The van der Waals surface area contributed by atoms with Crippen LogP contribution >= 0.6 is 0 Å². The normalized spacial score (nSPS) is 51.2. The smallest absolute Gasteiger partial charge is 0.0386 e. The van der Waals surface area contributed by atoms with Crippen LogP contribution in [-0.2, 0) is 0 Å². The Morgan fingerprint density at radius 2 is 1.00 bits per heavy atom. The van der Waals surface area contributed by atoms with Gasteiger partial charge in [-0.25, -0.2) is 0 Å². The van der Waals surface area contributed by atoms with Crippen LogP contribution in [0.25, 0.3) is 0 Å². The SMILES string of the molecule is CC1CCC2CC3CCC(C)C(CCC1C3)C2. The zero-order valence-electron chi connectivity index (χ0n) is 11.8. The van der Waals surface area contributed by atoms with Crippen molar-refractivity contribution in [2.24, 2.45) is 35.5 Å². The minimum atomic E-state index is 1.02. The lowest BCUT2D eigenvalue weighted by Crippen LogP contribution is -2.24. The summed E-state index contributed by atoms with van der Waals surface area (Å²) in [5.74, 6) is 6.38. The quantitative estimate of drug-likeness (QED) is 0.535. The Morgan fingerprint density at radius 1 is 0.529 bits per heavy atom. The second-order valence-electron chi connectivity index (χ2n) is 7.65. The number of hydrogen-bond acceptors (Lipinski definition) is 0. The zero-order chi connectivity index (χ0) is 11.8. The van der Waals surface area contributed by atoms with Crippen LogP contribution in [0.1, 0.15) is 71.6 Å². The van der Waals surface area contributed by atoms with Gasteiger partial charge < -0.3 is 0 Å². The first kappa shape index (κ1) is 12.1. The Hall–Kier alpha value is 0. The van der Waals surface area contributed by atoms with E-state index in [1.165, 1.54) is 12.8 Å². The first-order chi connectivity index (χ1) is 8.22. The van der Waals surface area contributed by atoms with Gasteiger partial charge in [-0.3, -0.25) is 0 Å². The van der Waals surface area contributed by atoms with E-state index in [1.54, 1.807) is 44.9 Å². The molecule has 5 fully saturated rings. The van der Waals surface area contributed by atoms with Gasteiger partial charge in [-0.15, -0.1) is 0 Å². The van der Waals surface area contributed by atoms with Gasteiger partial charge in [-0.2, -0.15) is 0 Å². The molecule has 6 unspecified atom stereocenters. The molecule has 0 spiro atoms. The van der Waals surface area contributed by atoms with Crippen LogP contribution in [0.15, 0.2) is 0 Å². The van der Waals surface area contributed by atoms with E-state index in [9.17, 15) is 0 Å². The Morgan fingerprint density at radius 3 is 1.47 bits per heavy atom. The highest BCUT2D eigenvalue weighted by Crippen LogP contribution is 2.47. The molecule has 0 nitrogen and oxygen atoms in total. The topological polar surface area (TPSA) is 0 Å². The van der Waals surface area contributed by atoms with Gasteiger partial charge in [0.05, 0.1) is 0 Å². The number of fused-ring (bicyclic) bond motifs is 4. The van der Waals surface area contributed by atoms with E-state index in [2.05, 4.69) is 13.8 Å². The lowest BCUT2D eigenvalue weighted by atomic mass is 9.70. The van der Waals surface area contributed by atoms with Crippen molar-refractivity contribution in [2.75, 3.05) is 0 Å². The molecule has 17 heavy (non-hydrogen) atoms. The fourth-order valence-corrected chi connectivity index (χ4v) is 5.16. The molecule has 5 aliphatic rings. The van der Waals surface area contributed by atoms with Crippen LogP contribution in [-0.4, -0.2) is 0 Å². The second kappa shape index (κ2) is 4.94. The van der Waals surface area contributed by atoms with Crippen LogP contribution in [0.5, 0.6) is 0 Å². The Kier molecular flexibility index (Phi) is 3.50. The maximum Gasteiger partial charge on any atom is -0.0386 e. The van der Waals surface area contributed by atoms with Crippen molar-refractivity contribution >= 4 is 0 Å². The summed E-state index contributed by atoms with van der Waals surface area (Å²) >= 11 is 0. The van der Waals surface area contributed by atoms with Gasteiger partial charge in [0.25, 0.3) is 0 Å². The van der Waals surface area contributed by atoms with Gasteiger partial charge >= 0.3 is 0 Å². The van der Waals surface area contributed by atoms with E-state index in [0.29, 0.717) is 0 Å². The molecule has 5 rings (SSSR count). The standard InChI is InChI=1S/C17H30/c1-12-3-5-14-9-15-6-4-13(2)17(11-14)8-7-16(12)10-15/h12-17H,3-11H2,1-2H3. The van der Waals surface area contributed by atoms with Crippen LogP contribution in [0.2, 0.25) is 0 Å². The Labute approximate surface area is 108 Å². The molecule has 0 heterocycles. The molecule has 0 aromatic heterocycles. The largest absolute Gasteiger partial charge is 0.0622 e. The third kappa shape index (κ3) is 2.56. The third-order valence-electron chi connectivity index (χ3n) is 6.52. The molecule has 0 aromatic carbocycles. The van der Waals surface area contributed by atoms with Crippen LogP contribution in [0.3, 0.4) is 0 Å². The highest BCUT2D eigenvalue weighted by Gasteiger charge is 2.35. The van der Waals surface area contributed by atoms with Gasteiger partial charge in [0.1, 0.15) is 0 Å². The fourth-order valence-electron chi connectivity index (χ4n) is 5.16. The lowest BCUT2D eigenvalue weighted by Gasteiger charge is -2.35. The summed E-state index contributed by atoms with van der Waals surface area (Å²) in [6.07, 6.45) is 14.0. The maximum absolute atomic E-state index is 2.55. The fraction of sp³-hybridized carbons (Fsp3) is 1.00. The number of rotatable bonds is 0. The van der Waals surface area contributed by atoms with E-state index in [4.69, 9.17) is 0 Å². The average Bonchev–Trinajstić information content (AvgIpc) is 2.46. The molecule has 0 aromatic rings. The van der Waals surface area contributed by atoms with Gasteiger partial charge in [0.2, 0.25) is 0 Å². The monoisotopic (exact) mass is 234 g/mol. The summed E-state index contributed by atoms with van der Waals surface area (Å²) in [5, 5.41) is 0. The van der Waals surface area contributed by atoms with Gasteiger partial charge in [-0.1, -0.05) is 39.5 Å². The molecule has 0 amide bonds. The van der Waals surface area contributed by atoms with Crippen molar-refractivity contribution in [1.29, 1.82) is 0 Å². The van der Waals surface area contributed by atoms with E-state index >= 15 is 0 Å². The summed E-state index contributed by atoms with van der Waals surface area (Å²) < 4.78 is 0. The van der Waals surface area contributed by atoms with Crippen molar-refractivity contribution in [2.45, 2.75) is 71.6 Å². The first-order valence-electron chi connectivity index (χ1n) is 8.22. The molecule has 0 saturated heterocycles. The van der Waals surface area contributed by atoms with Gasteiger partial charge in [0, 0.05) is 0 Å². The molecule has 0 heteroatoms. The Bertz CT molecular complexity index is 231. The van der Waals surface area contributed by atoms with Crippen molar-refractivity contribution in [3.8, 4) is 0 Å². The Balaban J connectivity index is 1.88. The zero-order valence-corrected chi connectivity index (χ0v) is 11.8. The summed E-state index contributed by atoms with van der Waals surface area (Å²) in [4.78, 5) is 0. The lowest BCUT2D eigenvalue weighted by molar-refractivity contribution is 0.158. The highest BCUT2D eigenvalue weighted by atomic mass is 14.4. The predicted octanol–water partition coefficient (Wildman–Crippen LogP) is 5.28. The molecular weight excluding hydrogens is 204 g/mol. The van der Waals surface area contributed by atoms with Crippen LogP contribution < -0.4 is 0 Å². The minimum Gasteiger partial charge on any atom is -0.0622 e.